The van der Waals surface area contributed by atoms with Crippen LogP contribution in [0.3, 0.4) is 0 Å². The standard InChI is InChI=1S/C17H16FNO/c1-11-14(6-8-20)16-9-13(18)4-5-15(16)17(11)12-3-2-7-19-10-12/h2,4-5,7,9-10,20H,3,6,8H2,1H3/b17-12-. The van der Waals surface area contributed by atoms with Crippen molar-refractivity contribution in [2.75, 3.05) is 6.61 Å². The monoisotopic (exact) mass is 269 g/mol. The number of allylic oxidation sites excluding steroid dienone is 4. The van der Waals surface area contributed by atoms with Crippen LogP contribution < -0.4 is 0 Å². The zero-order valence-electron chi connectivity index (χ0n) is 11.4. The van der Waals surface area contributed by atoms with E-state index in [1.54, 1.807) is 12.3 Å². The molecule has 20 heavy (non-hydrogen) atoms. The minimum absolute atomic E-state index is 0.0687. The molecule has 1 aromatic carbocycles. The zero-order valence-corrected chi connectivity index (χ0v) is 11.4. The Hall–Kier alpha value is -2.00. The molecule has 0 saturated heterocycles. The highest BCUT2D eigenvalue weighted by Crippen LogP contribution is 2.44. The molecule has 102 valence electrons. The van der Waals surface area contributed by atoms with Crippen LogP contribution in [0.5, 0.6) is 0 Å². The van der Waals surface area contributed by atoms with Gasteiger partial charge in [-0.1, -0.05) is 12.1 Å². The van der Waals surface area contributed by atoms with Crippen molar-refractivity contribution in [3.8, 4) is 0 Å². The Morgan fingerprint density at radius 2 is 2.15 bits per heavy atom. The topological polar surface area (TPSA) is 32.6 Å². The van der Waals surface area contributed by atoms with Crippen LogP contribution in [0.25, 0.3) is 11.1 Å². The van der Waals surface area contributed by atoms with Crippen molar-refractivity contribution < 1.29 is 9.50 Å². The molecule has 1 N–H and O–H groups in total. The summed E-state index contributed by atoms with van der Waals surface area (Å²) in [7, 11) is 0. The fraction of sp³-hybridized carbons (Fsp3) is 0.235. The molecule has 0 unspecified atom stereocenters. The van der Waals surface area contributed by atoms with Crippen LogP contribution in [0.2, 0.25) is 0 Å². The van der Waals surface area contributed by atoms with Gasteiger partial charge in [0.25, 0.3) is 0 Å². The lowest BCUT2D eigenvalue weighted by atomic mass is 9.95. The van der Waals surface area contributed by atoms with Crippen LogP contribution in [0.1, 0.15) is 30.9 Å². The van der Waals surface area contributed by atoms with Crippen molar-refractivity contribution in [2.45, 2.75) is 19.8 Å². The van der Waals surface area contributed by atoms with Crippen LogP contribution >= 0.6 is 0 Å². The summed E-state index contributed by atoms with van der Waals surface area (Å²) < 4.78 is 13.5. The Labute approximate surface area is 117 Å². The quantitative estimate of drug-likeness (QED) is 0.871. The average molecular weight is 269 g/mol. The van der Waals surface area contributed by atoms with Crippen molar-refractivity contribution >= 4 is 17.4 Å². The van der Waals surface area contributed by atoms with Crippen LogP contribution in [-0.2, 0) is 0 Å². The van der Waals surface area contributed by atoms with Gasteiger partial charge < -0.3 is 5.11 Å². The number of aliphatic imine (C=N–C) groups is 1. The van der Waals surface area contributed by atoms with Crippen LogP contribution in [0, 0.1) is 5.82 Å². The Morgan fingerprint density at radius 1 is 1.30 bits per heavy atom. The van der Waals surface area contributed by atoms with Gasteiger partial charge in [0, 0.05) is 19.0 Å². The lowest BCUT2D eigenvalue weighted by Crippen LogP contribution is -1.95. The van der Waals surface area contributed by atoms with Crippen LogP contribution in [-0.4, -0.2) is 17.9 Å². The molecule has 0 fully saturated rings. The number of nitrogens with zero attached hydrogens (tertiary/aromatic N) is 1. The van der Waals surface area contributed by atoms with Crippen molar-refractivity contribution in [3.63, 3.8) is 0 Å². The van der Waals surface area contributed by atoms with Crippen molar-refractivity contribution in [1.29, 1.82) is 0 Å². The van der Waals surface area contributed by atoms with Gasteiger partial charge in [-0.3, -0.25) is 4.99 Å². The molecule has 2 aliphatic rings. The predicted octanol–water partition coefficient (Wildman–Crippen LogP) is 3.74. The first-order chi connectivity index (χ1) is 9.72. The highest BCUT2D eigenvalue weighted by Gasteiger charge is 2.25. The molecule has 1 aromatic rings. The number of hydrogen-bond acceptors (Lipinski definition) is 2. The summed E-state index contributed by atoms with van der Waals surface area (Å²) in [5, 5.41) is 9.25. The minimum Gasteiger partial charge on any atom is -0.396 e. The highest BCUT2D eigenvalue weighted by molar-refractivity contribution is 6.07. The molecule has 0 atom stereocenters. The number of fused-ring (bicyclic) bond motifs is 1. The number of halogens is 1. The molecule has 1 aliphatic heterocycles. The fourth-order valence-electron chi connectivity index (χ4n) is 2.98. The minimum atomic E-state index is -0.240. The van der Waals surface area contributed by atoms with Gasteiger partial charge in [-0.05, 0) is 65.3 Å². The normalized spacial score (nSPS) is 20.8. The Morgan fingerprint density at radius 3 is 2.85 bits per heavy atom. The van der Waals surface area contributed by atoms with E-state index in [4.69, 9.17) is 0 Å². The Bertz CT molecular complexity index is 680. The summed E-state index contributed by atoms with van der Waals surface area (Å²) in [6, 6.07) is 4.88. The number of aliphatic hydroxyl groups is 1. The van der Waals surface area contributed by atoms with Gasteiger partial charge in [0.15, 0.2) is 0 Å². The third-order valence-corrected chi connectivity index (χ3v) is 3.85. The summed E-state index contributed by atoms with van der Waals surface area (Å²) in [4.78, 5) is 4.19. The summed E-state index contributed by atoms with van der Waals surface area (Å²) in [5.41, 5.74) is 6.39. The fourth-order valence-corrected chi connectivity index (χ4v) is 2.98. The highest BCUT2D eigenvalue weighted by atomic mass is 19.1. The number of benzene rings is 1. The van der Waals surface area contributed by atoms with Gasteiger partial charge in [0.2, 0.25) is 0 Å². The maximum Gasteiger partial charge on any atom is 0.123 e. The maximum absolute atomic E-state index is 13.5. The van der Waals surface area contributed by atoms with Crippen LogP contribution in [0.4, 0.5) is 4.39 Å². The van der Waals surface area contributed by atoms with Crippen LogP contribution in [0.15, 0.2) is 46.6 Å². The van der Waals surface area contributed by atoms with E-state index in [9.17, 15) is 9.50 Å². The van der Waals surface area contributed by atoms with Gasteiger partial charge in [0.05, 0.1) is 0 Å². The first-order valence-electron chi connectivity index (χ1n) is 6.75. The molecule has 0 radical (unpaired) electrons. The van der Waals surface area contributed by atoms with Gasteiger partial charge in [-0.25, -0.2) is 4.39 Å². The van der Waals surface area contributed by atoms with Crippen molar-refractivity contribution in [3.05, 3.63) is 58.6 Å². The first kappa shape index (κ1) is 13.0. The van der Waals surface area contributed by atoms with Gasteiger partial charge in [-0.2, -0.15) is 0 Å². The summed E-state index contributed by atoms with van der Waals surface area (Å²) in [6.07, 6.45) is 7.06. The second-order valence-electron chi connectivity index (χ2n) is 5.03. The van der Waals surface area contributed by atoms with E-state index >= 15 is 0 Å². The van der Waals surface area contributed by atoms with Crippen molar-refractivity contribution in [1.82, 2.24) is 0 Å². The van der Waals surface area contributed by atoms with Gasteiger partial charge in [-0.15, -0.1) is 0 Å². The molecule has 0 aromatic heterocycles. The maximum atomic E-state index is 13.5. The largest absolute Gasteiger partial charge is 0.396 e. The summed E-state index contributed by atoms with van der Waals surface area (Å²) in [6.45, 7) is 2.11. The average Bonchev–Trinajstić information content (AvgIpc) is 2.73. The zero-order chi connectivity index (χ0) is 14.1. The molecule has 0 amide bonds. The number of rotatable bonds is 2. The van der Waals surface area contributed by atoms with E-state index in [1.165, 1.54) is 6.07 Å². The smallest absolute Gasteiger partial charge is 0.123 e. The van der Waals surface area contributed by atoms with E-state index in [-0.39, 0.29) is 12.4 Å². The molecule has 0 spiro atoms. The third-order valence-electron chi connectivity index (χ3n) is 3.85. The molecule has 3 rings (SSSR count). The molecule has 0 bridgehead atoms. The van der Waals surface area contributed by atoms with Gasteiger partial charge in [0.1, 0.15) is 5.82 Å². The third kappa shape index (κ3) is 2.04. The number of aliphatic hydroxyl groups excluding tert-OH is 1. The molecular weight excluding hydrogens is 253 g/mol. The van der Waals surface area contributed by atoms with E-state index in [2.05, 4.69) is 4.99 Å². The second-order valence-corrected chi connectivity index (χ2v) is 5.03. The van der Waals surface area contributed by atoms with Crippen molar-refractivity contribution in [2.24, 2.45) is 4.99 Å². The van der Waals surface area contributed by atoms with E-state index < -0.39 is 0 Å². The molecule has 3 heteroatoms. The summed E-state index contributed by atoms with van der Waals surface area (Å²) in [5.74, 6) is -0.240. The van der Waals surface area contributed by atoms with Gasteiger partial charge >= 0.3 is 0 Å². The SMILES string of the molecule is CC1=C(CCO)c2cc(F)ccc2/C1=C1\C=NC=CC1. The predicted molar refractivity (Wildman–Crippen MR) is 79.9 cm³/mol. The second kappa shape index (κ2) is 5.17. The van der Waals surface area contributed by atoms with E-state index in [0.717, 1.165) is 39.8 Å². The molecule has 0 saturated carbocycles. The number of hydrogen-bond donors (Lipinski definition) is 1. The lowest BCUT2D eigenvalue weighted by Gasteiger charge is -2.10. The molecule has 2 nitrogen and oxygen atoms in total. The first-order valence-corrected chi connectivity index (χ1v) is 6.75. The molecule has 1 heterocycles. The summed E-state index contributed by atoms with van der Waals surface area (Å²) >= 11 is 0. The lowest BCUT2D eigenvalue weighted by molar-refractivity contribution is 0.305. The molecule has 1 aliphatic carbocycles. The Kier molecular flexibility index (Phi) is 3.36. The van der Waals surface area contributed by atoms with E-state index in [0.29, 0.717) is 6.42 Å². The Balaban J connectivity index is 2.22. The molecular formula is C17H16FNO. The van der Waals surface area contributed by atoms with E-state index in [1.807, 2.05) is 25.3 Å².